The third kappa shape index (κ3) is 3.90. The lowest BCUT2D eigenvalue weighted by Crippen LogP contribution is -2.36. The molecule has 1 rings (SSSR count). The minimum atomic E-state index is -0.572. The summed E-state index contributed by atoms with van der Waals surface area (Å²) in [4.78, 5) is 22.6. The molecule has 0 aliphatic carbocycles. The molecule has 0 radical (unpaired) electrons. The summed E-state index contributed by atoms with van der Waals surface area (Å²) < 4.78 is 5.46. The SMILES string of the molecule is CCNC(=O)[C@H](C)Oc1cccc(C(C)=O)c1. The van der Waals surface area contributed by atoms with Crippen molar-refractivity contribution in [1.82, 2.24) is 5.32 Å². The fourth-order valence-corrected chi connectivity index (χ4v) is 1.36. The van der Waals surface area contributed by atoms with E-state index in [0.717, 1.165) is 0 Å². The van der Waals surface area contributed by atoms with E-state index in [4.69, 9.17) is 4.74 Å². The lowest BCUT2D eigenvalue weighted by atomic mass is 10.1. The molecule has 0 unspecified atom stereocenters. The molecule has 4 nitrogen and oxygen atoms in total. The molecule has 17 heavy (non-hydrogen) atoms. The molecule has 1 amide bonds. The molecule has 0 saturated carbocycles. The van der Waals surface area contributed by atoms with E-state index in [1.807, 2.05) is 6.92 Å². The maximum Gasteiger partial charge on any atom is 0.260 e. The van der Waals surface area contributed by atoms with Crippen LogP contribution in [0.15, 0.2) is 24.3 Å². The van der Waals surface area contributed by atoms with Crippen LogP contribution in [-0.2, 0) is 4.79 Å². The van der Waals surface area contributed by atoms with Gasteiger partial charge in [-0.1, -0.05) is 12.1 Å². The van der Waals surface area contributed by atoms with Gasteiger partial charge in [-0.25, -0.2) is 0 Å². The second kappa shape index (κ2) is 6.03. The lowest BCUT2D eigenvalue weighted by Gasteiger charge is -2.14. The van der Waals surface area contributed by atoms with E-state index in [1.165, 1.54) is 6.92 Å². The number of ether oxygens (including phenoxy) is 1. The van der Waals surface area contributed by atoms with Crippen LogP contribution in [0.25, 0.3) is 0 Å². The highest BCUT2D eigenvalue weighted by molar-refractivity contribution is 5.94. The molecule has 1 N–H and O–H groups in total. The summed E-state index contributed by atoms with van der Waals surface area (Å²) in [7, 11) is 0. The molecule has 1 atom stereocenters. The maximum absolute atomic E-state index is 11.5. The van der Waals surface area contributed by atoms with Crippen molar-refractivity contribution >= 4 is 11.7 Å². The Morgan fingerprint density at radius 1 is 1.41 bits per heavy atom. The van der Waals surface area contributed by atoms with Crippen molar-refractivity contribution in [3.05, 3.63) is 29.8 Å². The topological polar surface area (TPSA) is 55.4 Å². The zero-order valence-electron chi connectivity index (χ0n) is 10.3. The van der Waals surface area contributed by atoms with Gasteiger partial charge in [-0.05, 0) is 32.9 Å². The minimum absolute atomic E-state index is 0.0267. The third-order valence-electron chi connectivity index (χ3n) is 2.27. The molecule has 0 saturated heterocycles. The number of Topliss-reactive ketones (excluding diaryl/α,β-unsaturated/α-hetero) is 1. The van der Waals surface area contributed by atoms with Crippen molar-refractivity contribution in [2.45, 2.75) is 26.9 Å². The number of benzene rings is 1. The number of hydrogen-bond acceptors (Lipinski definition) is 3. The van der Waals surface area contributed by atoms with Crippen LogP contribution in [-0.4, -0.2) is 24.3 Å². The Balaban J connectivity index is 2.71. The molecule has 0 bridgehead atoms. The quantitative estimate of drug-likeness (QED) is 0.792. The molecular formula is C13H17NO3. The van der Waals surface area contributed by atoms with Crippen molar-refractivity contribution in [3.8, 4) is 5.75 Å². The van der Waals surface area contributed by atoms with E-state index in [0.29, 0.717) is 17.9 Å². The summed E-state index contributed by atoms with van der Waals surface area (Å²) >= 11 is 0. The van der Waals surface area contributed by atoms with E-state index in [1.54, 1.807) is 31.2 Å². The van der Waals surface area contributed by atoms with Gasteiger partial charge in [-0.2, -0.15) is 0 Å². The second-order valence-corrected chi connectivity index (χ2v) is 3.74. The normalized spacial score (nSPS) is 11.7. The Morgan fingerprint density at radius 2 is 2.12 bits per heavy atom. The monoisotopic (exact) mass is 235 g/mol. The molecule has 0 aliphatic heterocycles. The molecule has 4 heteroatoms. The van der Waals surface area contributed by atoms with Crippen LogP contribution < -0.4 is 10.1 Å². The number of carbonyl (C=O) groups is 2. The van der Waals surface area contributed by atoms with E-state index in [-0.39, 0.29) is 11.7 Å². The van der Waals surface area contributed by atoms with Gasteiger partial charge in [0, 0.05) is 12.1 Å². The van der Waals surface area contributed by atoms with Gasteiger partial charge in [0.1, 0.15) is 5.75 Å². The number of rotatable bonds is 5. The van der Waals surface area contributed by atoms with Crippen LogP contribution in [0.5, 0.6) is 5.75 Å². The van der Waals surface area contributed by atoms with E-state index in [2.05, 4.69) is 5.32 Å². The lowest BCUT2D eigenvalue weighted by molar-refractivity contribution is -0.127. The molecular weight excluding hydrogens is 218 g/mol. The average molecular weight is 235 g/mol. The molecule has 0 aromatic heterocycles. The Bertz CT molecular complexity index is 415. The van der Waals surface area contributed by atoms with Crippen LogP contribution in [0.4, 0.5) is 0 Å². The van der Waals surface area contributed by atoms with Gasteiger partial charge in [0.05, 0.1) is 0 Å². The van der Waals surface area contributed by atoms with Crippen molar-refractivity contribution in [1.29, 1.82) is 0 Å². The smallest absolute Gasteiger partial charge is 0.260 e. The second-order valence-electron chi connectivity index (χ2n) is 3.74. The molecule has 1 aromatic carbocycles. The first-order chi connectivity index (χ1) is 8.04. The molecule has 1 aromatic rings. The highest BCUT2D eigenvalue weighted by Crippen LogP contribution is 2.15. The van der Waals surface area contributed by atoms with Crippen LogP contribution in [0.2, 0.25) is 0 Å². The van der Waals surface area contributed by atoms with E-state index in [9.17, 15) is 9.59 Å². The summed E-state index contributed by atoms with van der Waals surface area (Å²) in [6.07, 6.45) is -0.572. The zero-order chi connectivity index (χ0) is 12.8. The highest BCUT2D eigenvalue weighted by atomic mass is 16.5. The van der Waals surface area contributed by atoms with Gasteiger partial charge in [-0.15, -0.1) is 0 Å². The first kappa shape index (κ1) is 13.2. The Morgan fingerprint density at radius 3 is 2.71 bits per heavy atom. The largest absolute Gasteiger partial charge is 0.481 e. The summed E-state index contributed by atoms with van der Waals surface area (Å²) in [5.41, 5.74) is 0.575. The van der Waals surface area contributed by atoms with Gasteiger partial charge in [0.25, 0.3) is 5.91 Å². The van der Waals surface area contributed by atoms with Crippen molar-refractivity contribution in [2.75, 3.05) is 6.54 Å². The molecule has 0 spiro atoms. The molecule has 0 aliphatic rings. The number of amides is 1. The minimum Gasteiger partial charge on any atom is -0.481 e. The molecule has 92 valence electrons. The summed E-state index contributed by atoms with van der Waals surface area (Å²) in [5, 5.41) is 2.67. The van der Waals surface area contributed by atoms with Gasteiger partial charge in [0.15, 0.2) is 11.9 Å². The summed E-state index contributed by atoms with van der Waals surface area (Å²) in [6, 6.07) is 6.81. The van der Waals surface area contributed by atoms with Gasteiger partial charge in [-0.3, -0.25) is 9.59 Å². The number of likely N-dealkylation sites (N-methyl/N-ethyl adjacent to an activating group) is 1. The Kier molecular flexibility index (Phi) is 4.69. The van der Waals surface area contributed by atoms with Crippen LogP contribution in [0.1, 0.15) is 31.1 Å². The number of ketones is 1. The number of carbonyl (C=O) groups excluding carboxylic acids is 2. The van der Waals surface area contributed by atoms with Crippen LogP contribution >= 0.6 is 0 Å². The first-order valence-electron chi connectivity index (χ1n) is 5.60. The standard InChI is InChI=1S/C13H17NO3/c1-4-14-13(16)10(3)17-12-7-5-6-11(8-12)9(2)15/h5-8,10H,4H2,1-3H3,(H,14,16)/t10-/m0/s1. The Hall–Kier alpha value is -1.84. The van der Waals surface area contributed by atoms with E-state index < -0.39 is 6.10 Å². The van der Waals surface area contributed by atoms with Crippen LogP contribution in [0.3, 0.4) is 0 Å². The van der Waals surface area contributed by atoms with E-state index >= 15 is 0 Å². The summed E-state index contributed by atoms with van der Waals surface area (Å²) in [6.45, 7) is 5.58. The third-order valence-corrected chi connectivity index (χ3v) is 2.27. The average Bonchev–Trinajstić information content (AvgIpc) is 2.29. The fraction of sp³-hybridized carbons (Fsp3) is 0.385. The molecule has 0 heterocycles. The molecule has 0 fully saturated rings. The predicted molar refractivity (Wildman–Crippen MR) is 65.2 cm³/mol. The van der Waals surface area contributed by atoms with Crippen molar-refractivity contribution in [3.63, 3.8) is 0 Å². The fourth-order valence-electron chi connectivity index (χ4n) is 1.36. The number of nitrogens with one attached hydrogen (secondary N) is 1. The number of hydrogen-bond donors (Lipinski definition) is 1. The Labute approximate surface area is 101 Å². The van der Waals surface area contributed by atoms with Gasteiger partial charge in [0.2, 0.25) is 0 Å². The van der Waals surface area contributed by atoms with Crippen LogP contribution in [0, 0.1) is 0 Å². The van der Waals surface area contributed by atoms with Crippen molar-refractivity contribution in [2.24, 2.45) is 0 Å². The predicted octanol–water partition coefficient (Wildman–Crippen LogP) is 1.79. The first-order valence-corrected chi connectivity index (χ1v) is 5.60. The van der Waals surface area contributed by atoms with Crippen molar-refractivity contribution < 1.29 is 14.3 Å². The summed E-state index contributed by atoms with van der Waals surface area (Å²) in [5.74, 6) is 0.332. The highest BCUT2D eigenvalue weighted by Gasteiger charge is 2.13. The maximum atomic E-state index is 11.5. The van der Waals surface area contributed by atoms with Gasteiger partial charge >= 0.3 is 0 Å². The van der Waals surface area contributed by atoms with Gasteiger partial charge < -0.3 is 10.1 Å². The zero-order valence-corrected chi connectivity index (χ0v) is 10.3.